The van der Waals surface area contributed by atoms with E-state index in [1.807, 2.05) is 30.3 Å². The molecule has 3 aromatic rings. The lowest BCUT2D eigenvalue weighted by Crippen LogP contribution is -2.37. The Balaban J connectivity index is 1.79. The molecule has 3 rings (SSSR count). The highest BCUT2D eigenvalue weighted by Gasteiger charge is 2.34. The third-order valence-corrected chi connectivity index (χ3v) is 5.83. The Morgan fingerprint density at radius 2 is 1.72 bits per heavy atom. The Bertz CT molecular complexity index is 1100. The molecule has 2 amide bonds. The molecule has 5 nitrogen and oxygen atoms in total. The van der Waals surface area contributed by atoms with Crippen molar-refractivity contribution >= 4 is 28.8 Å². The molecule has 168 valence electrons. The first-order valence-corrected chi connectivity index (χ1v) is 10.5. The third-order valence-electron chi connectivity index (χ3n) is 4.68. The minimum absolute atomic E-state index is 0.189. The van der Waals surface area contributed by atoms with Crippen LogP contribution in [0.15, 0.2) is 60.7 Å². The number of para-hydroxylation sites is 1. The van der Waals surface area contributed by atoms with Crippen LogP contribution in [0, 0.1) is 0 Å². The van der Waals surface area contributed by atoms with Crippen LogP contribution in [-0.2, 0) is 11.0 Å². The molecule has 2 aromatic carbocycles. The summed E-state index contributed by atoms with van der Waals surface area (Å²) in [6.07, 6.45) is -4.61. The number of carbonyl (C=O) groups excluding carboxylic acids is 2. The quantitative estimate of drug-likeness (QED) is 0.501. The predicted molar refractivity (Wildman–Crippen MR) is 118 cm³/mol. The van der Waals surface area contributed by atoms with Crippen molar-refractivity contribution in [1.82, 2.24) is 4.90 Å². The summed E-state index contributed by atoms with van der Waals surface area (Å²) >= 11 is 1.23. The maximum Gasteiger partial charge on any atom is 0.418 e. The maximum atomic E-state index is 13.2. The van der Waals surface area contributed by atoms with Gasteiger partial charge in [-0.25, -0.2) is 0 Å². The van der Waals surface area contributed by atoms with E-state index < -0.39 is 30.1 Å². The fraction of sp³-hybridized carbons (Fsp3) is 0.217. The van der Waals surface area contributed by atoms with Crippen molar-refractivity contribution in [2.75, 3.05) is 25.5 Å². The molecule has 32 heavy (non-hydrogen) atoms. The van der Waals surface area contributed by atoms with E-state index in [1.165, 1.54) is 41.5 Å². The summed E-state index contributed by atoms with van der Waals surface area (Å²) in [5.41, 5.74) is -0.386. The zero-order valence-corrected chi connectivity index (χ0v) is 18.2. The lowest BCUT2D eigenvalue weighted by Gasteiger charge is -2.21. The van der Waals surface area contributed by atoms with E-state index in [1.54, 1.807) is 13.0 Å². The number of methoxy groups -OCH3 is 1. The highest BCUT2D eigenvalue weighted by molar-refractivity contribution is 7.17. The number of ether oxygens (including phenoxy) is 1. The number of rotatable bonds is 7. The highest BCUT2D eigenvalue weighted by Crippen LogP contribution is 2.37. The number of halogens is 3. The van der Waals surface area contributed by atoms with Crippen molar-refractivity contribution in [3.8, 4) is 16.2 Å². The number of thiophene rings is 1. The Hall–Kier alpha value is -3.33. The minimum Gasteiger partial charge on any atom is -0.495 e. The third kappa shape index (κ3) is 5.28. The highest BCUT2D eigenvalue weighted by atomic mass is 32.1. The average molecular weight is 462 g/mol. The summed E-state index contributed by atoms with van der Waals surface area (Å²) < 4.78 is 44.9. The molecule has 9 heteroatoms. The van der Waals surface area contributed by atoms with Gasteiger partial charge in [-0.15, -0.1) is 11.3 Å². The molecule has 0 atom stereocenters. The molecular formula is C23H21F3N2O3S. The van der Waals surface area contributed by atoms with Crippen molar-refractivity contribution < 1.29 is 27.5 Å². The first-order valence-electron chi connectivity index (χ1n) is 9.73. The maximum absolute atomic E-state index is 13.2. The SMILES string of the molecule is CCN(CC(=O)Nc1ccccc1C(F)(F)F)C(=O)c1sc(-c2ccccc2)cc1OC. The van der Waals surface area contributed by atoms with E-state index in [2.05, 4.69) is 5.32 Å². The Morgan fingerprint density at radius 3 is 2.34 bits per heavy atom. The monoisotopic (exact) mass is 462 g/mol. The van der Waals surface area contributed by atoms with Gasteiger partial charge in [0.15, 0.2) is 0 Å². The van der Waals surface area contributed by atoms with Crippen molar-refractivity contribution in [3.63, 3.8) is 0 Å². The summed E-state index contributed by atoms with van der Waals surface area (Å²) in [5, 5.41) is 2.27. The molecule has 0 spiro atoms. The number of likely N-dealkylation sites (N-methyl/N-ethyl adjacent to an activating group) is 1. The largest absolute Gasteiger partial charge is 0.495 e. The van der Waals surface area contributed by atoms with E-state index in [9.17, 15) is 22.8 Å². The predicted octanol–water partition coefficient (Wildman–Crippen LogP) is 5.54. The van der Waals surface area contributed by atoms with Gasteiger partial charge in [0.25, 0.3) is 5.91 Å². The van der Waals surface area contributed by atoms with E-state index in [0.717, 1.165) is 16.5 Å². The first-order chi connectivity index (χ1) is 15.2. The molecule has 1 heterocycles. The van der Waals surface area contributed by atoms with Crippen LogP contribution in [0.4, 0.5) is 18.9 Å². The van der Waals surface area contributed by atoms with Crippen molar-refractivity contribution in [2.45, 2.75) is 13.1 Å². The van der Waals surface area contributed by atoms with E-state index in [-0.39, 0.29) is 12.2 Å². The van der Waals surface area contributed by atoms with Gasteiger partial charge in [0, 0.05) is 11.4 Å². The fourth-order valence-corrected chi connectivity index (χ4v) is 4.19. The molecule has 0 saturated heterocycles. The molecule has 1 N–H and O–H groups in total. The fourth-order valence-electron chi connectivity index (χ4n) is 3.09. The molecule has 0 aliphatic rings. The standard InChI is InChI=1S/C23H21F3N2O3S/c1-3-28(14-20(29)27-17-12-8-7-11-16(17)23(24,25)26)22(30)21-18(31-2)13-19(32-21)15-9-5-4-6-10-15/h4-13H,3,14H2,1-2H3,(H,27,29). The number of alkyl halides is 3. The second-order valence-electron chi connectivity index (χ2n) is 6.79. The average Bonchev–Trinajstić information content (AvgIpc) is 3.22. The van der Waals surface area contributed by atoms with Gasteiger partial charge in [-0.05, 0) is 30.7 Å². The number of hydrogen-bond acceptors (Lipinski definition) is 4. The van der Waals surface area contributed by atoms with Gasteiger partial charge in [-0.1, -0.05) is 42.5 Å². The van der Waals surface area contributed by atoms with E-state index in [0.29, 0.717) is 10.6 Å². The zero-order valence-electron chi connectivity index (χ0n) is 17.4. The molecule has 0 radical (unpaired) electrons. The normalized spacial score (nSPS) is 11.2. The van der Waals surface area contributed by atoms with Crippen LogP contribution in [0.5, 0.6) is 5.75 Å². The van der Waals surface area contributed by atoms with Crippen molar-refractivity contribution in [1.29, 1.82) is 0 Å². The minimum atomic E-state index is -4.61. The lowest BCUT2D eigenvalue weighted by atomic mass is 10.1. The van der Waals surface area contributed by atoms with Gasteiger partial charge < -0.3 is 15.0 Å². The number of nitrogens with zero attached hydrogens (tertiary/aromatic N) is 1. The summed E-state index contributed by atoms with van der Waals surface area (Å²) in [7, 11) is 1.45. The number of benzene rings is 2. The van der Waals surface area contributed by atoms with Crippen LogP contribution in [0.3, 0.4) is 0 Å². The van der Waals surface area contributed by atoms with Crippen LogP contribution < -0.4 is 10.1 Å². The molecular weight excluding hydrogens is 441 g/mol. The molecule has 0 saturated carbocycles. The van der Waals surface area contributed by atoms with Gasteiger partial charge in [0.2, 0.25) is 5.91 Å². The van der Waals surface area contributed by atoms with Gasteiger partial charge >= 0.3 is 6.18 Å². The van der Waals surface area contributed by atoms with Crippen LogP contribution in [-0.4, -0.2) is 36.9 Å². The Morgan fingerprint density at radius 1 is 1.06 bits per heavy atom. The molecule has 0 fully saturated rings. The summed E-state index contributed by atoms with van der Waals surface area (Å²) in [6.45, 7) is 1.48. The van der Waals surface area contributed by atoms with Crippen molar-refractivity contribution in [2.24, 2.45) is 0 Å². The first kappa shape index (κ1) is 23.3. The smallest absolute Gasteiger partial charge is 0.418 e. The van der Waals surface area contributed by atoms with Gasteiger partial charge in [-0.3, -0.25) is 9.59 Å². The second-order valence-corrected chi connectivity index (χ2v) is 7.84. The molecule has 0 bridgehead atoms. The van der Waals surface area contributed by atoms with Crippen molar-refractivity contribution in [3.05, 3.63) is 71.1 Å². The van der Waals surface area contributed by atoms with Crippen LogP contribution in [0.2, 0.25) is 0 Å². The van der Waals surface area contributed by atoms with Crippen LogP contribution >= 0.6 is 11.3 Å². The zero-order chi connectivity index (χ0) is 23.3. The Kier molecular flexibility index (Phi) is 7.19. The van der Waals surface area contributed by atoms with Crippen LogP contribution in [0.25, 0.3) is 10.4 Å². The van der Waals surface area contributed by atoms with E-state index >= 15 is 0 Å². The van der Waals surface area contributed by atoms with E-state index in [4.69, 9.17) is 4.74 Å². The van der Waals surface area contributed by atoms with Gasteiger partial charge in [0.05, 0.1) is 18.4 Å². The second kappa shape index (κ2) is 9.86. The summed E-state index contributed by atoms with van der Waals surface area (Å²) in [4.78, 5) is 28.0. The number of anilines is 1. The number of amides is 2. The topological polar surface area (TPSA) is 58.6 Å². The lowest BCUT2D eigenvalue weighted by molar-refractivity contribution is -0.137. The number of hydrogen-bond donors (Lipinski definition) is 1. The number of carbonyl (C=O) groups is 2. The summed E-state index contributed by atoms with van der Waals surface area (Å²) in [5.74, 6) is -0.786. The molecule has 0 aliphatic heterocycles. The van der Waals surface area contributed by atoms with Gasteiger partial charge in [0.1, 0.15) is 17.2 Å². The van der Waals surface area contributed by atoms with Gasteiger partial charge in [-0.2, -0.15) is 13.2 Å². The molecule has 0 unspecified atom stereocenters. The van der Waals surface area contributed by atoms with Crippen LogP contribution in [0.1, 0.15) is 22.2 Å². The molecule has 0 aliphatic carbocycles. The number of nitrogens with one attached hydrogen (secondary N) is 1. The Labute approximate surface area is 187 Å². The molecule has 1 aromatic heterocycles. The summed E-state index contributed by atoms with van der Waals surface area (Å²) in [6, 6.07) is 15.9.